The number of carbonyl (C=O) groups excluding carboxylic acids is 1. The molecular formula is C11H15N3O3. The van der Waals surface area contributed by atoms with Crippen molar-refractivity contribution in [2.45, 2.75) is 39.3 Å². The second-order valence-corrected chi connectivity index (χ2v) is 4.16. The van der Waals surface area contributed by atoms with Crippen molar-refractivity contribution in [2.24, 2.45) is 0 Å². The molecule has 2 heterocycles. The molecule has 6 heteroatoms. The first-order chi connectivity index (χ1) is 8.09. The number of rotatable bonds is 3. The summed E-state index contributed by atoms with van der Waals surface area (Å²) in [5, 5.41) is 16.1. The fraction of sp³-hybridized carbons (Fsp3) is 0.545. The highest BCUT2D eigenvalue weighted by atomic mass is 16.4. The standard InChI is InChI=1S/C11H15N3O3/c1-7(15)12-6-8-10(11(16)17)9-4-2-3-5-14(9)13-8/h2-6H2,1H3,(H,12,15)(H,16,17). The van der Waals surface area contributed by atoms with E-state index >= 15 is 0 Å². The average Bonchev–Trinajstić information content (AvgIpc) is 2.64. The number of nitrogens with one attached hydrogen (secondary N) is 1. The Bertz CT molecular complexity index is 465. The summed E-state index contributed by atoms with van der Waals surface area (Å²) in [6, 6.07) is 0. The molecule has 0 saturated carbocycles. The molecule has 17 heavy (non-hydrogen) atoms. The van der Waals surface area contributed by atoms with Crippen LogP contribution >= 0.6 is 0 Å². The van der Waals surface area contributed by atoms with Crippen molar-refractivity contribution >= 4 is 11.9 Å². The van der Waals surface area contributed by atoms with Crippen LogP contribution in [-0.2, 0) is 24.3 Å². The predicted octanol–water partition coefficient (Wildman–Crippen LogP) is 0.554. The van der Waals surface area contributed by atoms with Crippen molar-refractivity contribution in [3.63, 3.8) is 0 Å². The van der Waals surface area contributed by atoms with Gasteiger partial charge in [0.25, 0.3) is 0 Å². The Morgan fingerprint density at radius 2 is 2.24 bits per heavy atom. The zero-order valence-corrected chi connectivity index (χ0v) is 9.69. The van der Waals surface area contributed by atoms with Gasteiger partial charge in [0.15, 0.2) is 0 Å². The smallest absolute Gasteiger partial charge is 0.339 e. The first kappa shape index (κ1) is 11.6. The topological polar surface area (TPSA) is 84.2 Å². The molecule has 1 aliphatic rings. The van der Waals surface area contributed by atoms with Crippen LogP contribution in [0.4, 0.5) is 0 Å². The van der Waals surface area contributed by atoms with Crippen molar-refractivity contribution in [1.82, 2.24) is 15.1 Å². The minimum absolute atomic E-state index is 0.178. The van der Waals surface area contributed by atoms with Gasteiger partial charge in [-0.15, -0.1) is 0 Å². The Balaban J connectivity index is 2.33. The molecule has 1 amide bonds. The Labute approximate surface area is 98.6 Å². The van der Waals surface area contributed by atoms with Crippen LogP contribution in [0.3, 0.4) is 0 Å². The molecule has 0 unspecified atom stereocenters. The van der Waals surface area contributed by atoms with E-state index in [-0.39, 0.29) is 18.0 Å². The third-order valence-corrected chi connectivity index (χ3v) is 2.88. The van der Waals surface area contributed by atoms with E-state index in [1.807, 2.05) is 0 Å². The molecule has 1 aliphatic heterocycles. The van der Waals surface area contributed by atoms with Gasteiger partial charge in [0.05, 0.1) is 17.9 Å². The van der Waals surface area contributed by atoms with E-state index in [0.717, 1.165) is 31.5 Å². The summed E-state index contributed by atoms with van der Waals surface area (Å²) in [5.41, 5.74) is 1.49. The summed E-state index contributed by atoms with van der Waals surface area (Å²) in [5.74, 6) is -1.15. The number of carbonyl (C=O) groups is 2. The number of hydrogen-bond donors (Lipinski definition) is 2. The van der Waals surface area contributed by atoms with Crippen molar-refractivity contribution < 1.29 is 14.7 Å². The molecule has 0 spiro atoms. The van der Waals surface area contributed by atoms with Crippen LogP contribution in [0.25, 0.3) is 0 Å². The van der Waals surface area contributed by atoms with Gasteiger partial charge in [-0.05, 0) is 19.3 Å². The van der Waals surface area contributed by atoms with Gasteiger partial charge in [0.1, 0.15) is 5.56 Å². The lowest BCUT2D eigenvalue weighted by molar-refractivity contribution is -0.119. The highest BCUT2D eigenvalue weighted by molar-refractivity contribution is 5.90. The van der Waals surface area contributed by atoms with E-state index in [2.05, 4.69) is 10.4 Å². The van der Waals surface area contributed by atoms with E-state index in [9.17, 15) is 14.7 Å². The summed E-state index contributed by atoms with van der Waals surface area (Å²) in [4.78, 5) is 22.1. The second-order valence-electron chi connectivity index (χ2n) is 4.16. The van der Waals surface area contributed by atoms with Crippen LogP contribution in [-0.4, -0.2) is 26.8 Å². The largest absolute Gasteiger partial charge is 0.478 e. The number of fused-ring (bicyclic) bond motifs is 1. The first-order valence-electron chi connectivity index (χ1n) is 5.66. The van der Waals surface area contributed by atoms with Gasteiger partial charge in [0.2, 0.25) is 5.91 Å². The quantitative estimate of drug-likeness (QED) is 0.804. The molecular weight excluding hydrogens is 222 g/mol. The second kappa shape index (κ2) is 4.57. The molecule has 0 aromatic carbocycles. The maximum Gasteiger partial charge on any atom is 0.339 e. The summed E-state index contributed by atoms with van der Waals surface area (Å²) < 4.78 is 1.75. The van der Waals surface area contributed by atoms with Gasteiger partial charge in [-0.1, -0.05) is 0 Å². The van der Waals surface area contributed by atoms with E-state index in [0.29, 0.717) is 5.69 Å². The summed E-state index contributed by atoms with van der Waals surface area (Å²) in [6.07, 6.45) is 2.76. The Kier molecular flexibility index (Phi) is 3.12. The number of aryl methyl sites for hydroxylation is 1. The highest BCUT2D eigenvalue weighted by Crippen LogP contribution is 2.21. The molecule has 0 aliphatic carbocycles. The number of hydrogen-bond acceptors (Lipinski definition) is 3. The third-order valence-electron chi connectivity index (χ3n) is 2.88. The summed E-state index contributed by atoms with van der Waals surface area (Å²) >= 11 is 0. The van der Waals surface area contributed by atoms with Crippen molar-refractivity contribution in [3.05, 3.63) is 17.0 Å². The van der Waals surface area contributed by atoms with Gasteiger partial charge in [-0.25, -0.2) is 4.79 Å². The number of aromatic carboxylic acids is 1. The Morgan fingerprint density at radius 1 is 1.47 bits per heavy atom. The van der Waals surface area contributed by atoms with Crippen LogP contribution < -0.4 is 5.32 Å². The number of amides is 1. The van der Waals surface area contributed by atoms with E-state index in [4.69, 9.17) is 0 Å². The zero-order valence-electron chi connectivity index (χ0n) is 9.69. The van der Waals surface area contributed by atoms with Gasteiger partial charge < -0.3 is 10.4 Å². The summed E-state index contributed by atoms with van der Waals surface area (Å²) in [7, 11) is 0. The molecule has 0 atom stereocenters. The molecule has 1 aromatic heterocycles. The first-order valence-corrected chi connectivity index (χ1v) is 5.66. The van der Waals surface area contributed by atoms with Crippen LogP contribution in [0.1, 0.15) is 41.5 Å². The monoisotopic (exact) mass is 237 g/mol. The molecule has 1 aromatic rings. The van der Waals surface area contributed by atoms with Gasteiger partial charge in [0, 0.05) is 13.5 Å². The lowest BCUT2D eigenvalue weighted by Gasteiger charge is -2.13. The van der Waals surface area contributed by atoms with Gasteiger partial charge in [-0.2, -0.15) is 5.10 Å². The lowest BCUT2D eigenvalue weighted by atomic mass is 10.0. The molecule has 0 fully saturated rings. The zero-order chi connectivity index (χ0) is 12.4. The van der Waals surface area contributed by atoms with Crippen LogP contribution in [0.15, 0.2) is 0 Å². The molecule has 6 nitrogen and oxygen atoms in total. The molecule has 92 valence electrons. The minimum Gasteiger partial charge on any atom is -0.478 e. The minimum atomic E-state index is -0.964. The molecule has 0 saturated heterocycles. The number of carboxylic acid groups (broad SMARTS) is 1. The maximum absolute atomic E-state index is 11.2. The van der Waals surface area contributed by atoms with Crippen LogP contribution in [0.5, 0.6) is 0 Å². The fourth-order valence-corrected chi connectivity index (χ4v) is 2.12. The van der Waals surface area contributed by atoms with Crippen LogP contribution in [0, 0.1) is 0 Å². The SMILES string of the molecule is CC(=O)NCc1nn2c(c1C(=O)O)CCCC2. The van der Waals surface area contributed by atoms with E-state index in [1.54, 1.807) is 4.68 Å². The average molecular weight is 237 g/mol. The third kappa shape index (κ3) is 2.30. The van der Waals surface area contributed by atoms with E-state index in [1.165, 1.54) is 6.92 Å². The molecule has 0 radical (unpaired) electrons. The van der Waals surface area contributed by atoms with Crippen molar-refractivity contribution in [2.75, 3.05) is 0 Å². The van der Waals surface area contributed by atoms with Crippen molar-refractivity contribution in [3.8, 4) is 0 Å². The molecule has 2 rings (SSSR count). The normalized spacial score (nSPS) is 14.2. The van der Waals surface area contributed by atoms with Crippen LogP contribution in [0.2, 0.25) is 0 Å². The number of nitrogens with zero attached hydrogens (tertiary/aromatic N) is 2. The lowest BCUT2D eigenvalue weighted by Crippen LogP contribution is -2.20. The van der Waals surface area contributed by atoms with Crippen molar-refractivity contribution in [1.29, 1.82) is 0 Å². The van der Waals surface area contributed by atoms with E-state index < -0.39 is 5.97 Å². The molecule has 2 N–H and O–H groups in total. The highest BCUT2D eigenvalue weighted by Gasteiger charge is 2.24. The maximum atomic E-state index is 11.2. The Hall–Kier alpha value is -1.85. The molecule has 0 bridgehead atoms. The number of carboxylic acids is 1. The summed E-state index contributed by atoms with van der Waals surface area (Å²) in [6.45, 7) is 2.34. The van der Waals surface area contributed by atoms with Gasteiger partial charge >= 0.3 is 5.97 Å². The predicted molar refractivity (Wildman–Crippen MR) is 59.6 cm³/mol. The Morgan fingerprint density at radius 3 is 2.88 bits per heavy atom. The van der Waals surface area contributed by atoms with Gasteiger partial charge in [-0.3, -0.25) is 9.48 Å². The fourth-order valence-electron chi connectivity index (χ4n) is 2.12. The number of aromatic nitrogens is 2.